The van der Waals surface area contributed by atoms with Gasteiger partial charge in [-0.3, -0.25) is 14.6 Å². The minimum absolute atomic E-state index is 0.144. The summed E-state index contributed by atoms with van der Waals surface area (Å²) in [5, 5.41) is 2.87. The largest absolute Gasteiger partial charge is 0.352 e. The summed E-state index contributed by atoms with van der Waals surface area (Å²) in [6, 6.07) is 3.21. The first-order valence-electron chi connectivity index (χ1n) is 8.09. The molecule has 0 bridgehead atoms. The van der Waals surface area contributed by atoms with E-state index in [2.05, 4.69) is 24.1 Å². The molecule has 1 aromatic heterocycles. The number of aromatic nitrogens is 1. The molecule has 1 N–H and O–H groups in total. The summed E-state index contributed by atoms with van der Waals surface area (Å²) >= 11 is 0. The van der Waals surface area contributed by atoms with Crippen LogP contribution in [0.15, 0.2) is 18.3 Å². The molecule has 0 radical (unpaired) electrons. The maximum Gasteiger partial charge on any atom is 0.272 e. The molecule has 0 saturated heterocycles. The number of nitrogens with zero attached hydrogens (tertiary/aromatic N) is 2. The highest BCUT2D eigenvalue weighted by atomic mass is 16.2. The molecular formula is C17H27N3O2. The molecule has 0 fully saturated rings. The Kier molecular flexibility index (Phi) is 8.18. The van der Waals surface area contributed by atoms with Gasteiger partial charge in [-0.1, -0.05) is 33.1 Å². The van der Waals surface area contributed by atoms with Gasteiger partial charge in [0.1, 0.15) is 5.69 Å². The van der Waals surface area contributed by atoms with Crippen LogP contribution in [0.2, 0.25) is 0 Å². The fraction of sp³-hybridized carbons (Fsp3) is 0.588. The van der Waals surface area contributed by atoms with Crippen molar-refractivity contribution in [2.24, 2.45) is 0 Å². The number of pyridine rings is 1. The van der Waals surface area contributed by atoms with Gasteiger partial charge < -0.3 is 10.2 Å². The molecular weight excluding hydrogens is 278 g/mol. The molecule has 1 rings (SSSR count). The van der Waals surface area contributed by atoms with Gasteiger partial charge >= 0.3 is 0 Å². The van der Waals surface area contributed by atoms with Crippen LogP contribution in [0.25, 0.3) is 0 Å². The SMILES string of the molecule is CCCCCNC(=O)c1ccnc(C(=O)N(C)CCCC)c1. The van der Waals surface area contributed by atoms with Gasteiger partial charge in [0.15, 0.2) is 0 Å². The first-order chi connectivity index (χ1) is 10.6. The van der Waals surface area contributed by atoms with Crippen LogP contribution in [0.5, 0.6) is 0 Å². The van der Waals surface area contributed by atoms with E-state index in [4.69, 9.17) is 0 Å². The Balaban J connectivity index is 2.64. The molecule has 5 heteroatoms. The van der Waals surface area contributed by atoms with Crippen LogP contribution >= 0.6 is 0 Å². The Morgan fingerprint density at radius 3 is 2.59 bits per heavy atom. The van der Waals surface area contributed by atoms with E-state index in [-0.39, 0.29) is 11.8 Å². The Hall–Kier alpha value is -1.91. The van der Waals surface area contributed by atoms with E-state index in [0.717, 1.165) is 32.1 Å². The van der Waals surface area contributed by atoms with Crippen molar-refractivity contribution in [3.8, 4) is 0 Å². The molecule has 22 heavy (non-hydrogen) atoms. The van der Waals surface area contributed by atoms with E-state index in [1.54, 1.807) is 24.1 Å². The van der Waals surface area contributed by atoms with Crippen molar-refractivity contribution in [3.05, 3.63) is 29.6 Å². The minimum Gasteiger partial charge on any atom is -0.352 e. The topological polar surface area (TPSA) is 62.3 Å². The molecule has 2 amide bonds. The summed E-state index contributed by atoms with van der Waals surface area (Å²) in [5.74, 6) is -0.294. The van der Waals surface area contributed by atoms with Crippen molar-refractivity contribution in [3.63, 3.8) is 0 Å². The first-order valence-corrected chi connectivity index (χ1v) is 8.09. The highest BCUT2D eigenvalue weighted by Crippen LogP contribution is 2.06. The van der Waals surface area contributed by atoms with Crippen LogP contribution in [0.3, 0.4) is 0 Å². The fourth-order valence-corrected chi connectivity index (χ4v) is 2.06. The number of unbranched alkanes of at least 4 members (excludes halogenated alkanes) is 3. The second kappa shape index (κ2) is 9.92. The Morgan fingerprint density at radius 2 is 1.91 bits per heavy atom. The molecule has 0 aliphatic heterocycles. The van der Waals surface area contributed by atoms with Crippen molar-refractivity contribution in [1.82, 2.24) is 15.2 Å². The molecule has 122 valence electrons. The van der Waals surface area contributed by atoms with Gasteiger partial charge in [0.25, 0.3) is 11.8 Å². The van der Waals surface area contributed by atoms with Crippen LogP contribution in [0, 0.1) is 0 Å². The van der Waals surface area contributed by atoms with Gasteiger partial charge in [-0.05, 0) is 25.0 Å². The number of rotatable bonds is 9. The lowest BCUT2D eigenvalue weighted by atomic mass is 10.2. The lowest BCUT2D eigenvalue weighted by Crippen LogP contribution is -2.29. The summed E-state index contributed by atoms with van der Waals surface area (Å²) in [6.45, 7) is 5.57. The van der Waals surface area contributed by atoms with Crippen molar-refractivity contribution in [2.45, 2.75) is 46.0 Å². The second-order valence-electron chi connectivity index (χ2n) is 5.47. The molecule has 0 aromatic carbocycles. The van der Waals surface area contributed by atoms with Crippen LogP contribution in [0.4, 0.5) is 0 Å². The van der Waals surface area contributed by atoms with Crippen LogP contribution in [-0.2, 0) is 0 Å². The number of hydrogen-bond acceptors (Lipinski definition) is 3. The zero-order valence-corrected chi connectivity index (χ0v) is 13.9. The quantitative estimate of drug-likeness (QED) is 0.714. The van der Waals surface area contributed by atoms with E-state index in [9.17, 15) is 9.59 Å². The predicted octanol–water partition coefficient (Wildman–Crippen LogP) is 2.87. The van der Waals surface area contributed by atoms with E-state index >= 15 is 0 Å². The molecule has 1 heterocycles. The fourth-order valence-electron chi connectivity index (χ4n) is 2.06. The monoisotopic (exact) mass is 305 g/mol. The molecule has 0 atom stereocenters. The lowest BCUT2D eigenvalue weighted by molar-refractivity contribution is 0.0787. The predicted molar refractivity (Wildman–Crippen MR) is 88.0 cm³/mol. The number of carbonyl (C=O) groups excluding carboxylic acids is 2. The summed E-state index contributed by atoms with van der Waals surface area (Å²) in [4.78, 5) is 30.1. The molecule has 0 aliphatic carbocycles. The van der Waals surface area contributed by atoms with Crippen molar-refractivity contribution in [1.29, 1.82) is 0 Å². The Bertz CT molecular complexity index is 489. The third kappa shape index (κ3) is 5.84. The van der Waals surface area contributed by atoms with Crippen LogP contribution in [0.1, 0.15) is 66.8 Å². The molecule has 0 spiro atoms. The number of carbonyl (C=O) groups is 2. The Morgan fingerprint density at radius 1 is 1.18 bits per heavy atom. The third-order valence-corrected chi connectivity index (χ3v) is 3.50. The van der Waals surface area contributed by atoms with Gasteiger partial charge in [0.2, 0.25) is 0 Å². The molecule has 0 aliphatic rings. The summed E-state index contributed by atoms with van der Waals surface area (Å²) in [5.41, 5.74) is 0.804. The number of hydrogen-bond donors (Lipinski definition) is 1. The third-order valence-electron chi connectivity index (χ3n) is 3.50. The van der Waals surface area contributed by atoms with Crippen molar-refractivity contribution < 1.29 is 9.59 Å². The number of nitrogens with one attached hydrogen (secondary N) is 1. The summed E-state index contributed by atoms with van der Waals surface area (Å²) in [6.07, 6.45) is 6.70. The first kappa shape index (κ1) is 18.1. The molecule has 1 aromatic rings. The maximum absolute atomic E-state index is 12.3. The normalized spacial score (nSPS) is 10.3. The average Bonchev–Trinajstić information content (AvgIpc) is 2.55. The lowest BCUT2D eigenvalue weighted by Gasteiger charge is -2.16. The minimum atomic E-state index is -0.149. The van der Waals surface area contributed by atoms with E-state index in [1.807, 2.05) is 0 Å². The van der Waals surface area contributed by atoms with E-state index in [1.165, 1.54) is 6.20 Å². The smallest absolute Gasteiger partial charge is 0.272 e. The summed E-state index contributed by atoms with van der Waals surface area (Å²) < 4.78 is 0. The van der Waals surface area contributed by atoms with Crippen molar-refractivity contribution in [2.75, 3.05) is 20.1 Å². The highest BCUT2D eigenvalue weighted by Gasteiger charge is 2.15. The van der Waals surface area contributed by atoms with Gasteiger partial charge in [-0.15, -0.1) is 0 Å². The zero-order chi connectivity index (χ0) is 16.4. The van der Waals surface area contributed by atoms with E-state index < -0.39 is 0 Å². The molecule has 0 unspecified atom stereocenters. The molecule has 0 saturated carbocycles. The van der Waals surface area contributed by atoms with Gasteiger partial charge in [0, 0.05) is 31.9 Å². The van der Waals surface area contributed by atoms with Gasteiger partial charge in [-0.2, -0.15) is 0 Å². The standard InChI is InChI=1S/C17H27N3O2/c1-4-6-8-10-19-16(21)14-9-11-18-15(13-14)17(22)20(3)12-7-5-2/h9,11,13H,4-8,10,12H2,1-3H3,(H,19,21). The van der Waals surface area contributed by atoms with Gasteiger partial charge in [0.05, 0.1) is 0 Å². The van der Waals surface area contributed by atoms with Gasteiger partial charge in [-0.25, -0.2) is 0 Å². The van der Waals surface area contributed by atoms with Crippen LogP contribution < -0.4 is 5.32 Å². The average molecular weight is 305 g/mol. The Labute approximate surface area is 133 Å². The highest BCUT2D eigenvalue weighted by molar-refractivity contribution is 5.98. The van der Waals surface area contributed by atoms with Crippen molar-refractivity contribution >= 4 is 11.8 Å². The summed E-state index contributed by atoms with van der Waals surface area (Å²) in [7, 11) is 1.76. The zero-order valence-electron chi connectivity index (χ0n) is 13.9. The second-order valence-corrected chi connectivity index (χ2v) is 5.47. The number of amides is 2. The molecule has 5 nitrogen and oxygen atoms in total. The van der Waals surface area contributed by atoms with E-state index in [0.29, 0.717) is 24.3 Å². The van der Waals surface area contributed by atoms with Crippen LogP contribution in [-0.4, -0.2) is 41.8 Å². The maximum atomic E-state index is 12.3.